The zero-order valence-electron chi connectivity index (χ0n) is 33.5. The molecule has 1 aromatic heterocycles. The highest BCUT2D eigenvalue weighted by atomic mass is 19.1. The molecule has 0 radical (unpaired) electrons. The Bertz CT molecular complexity index is 1750. The van der Waals surface area contributed by atoms with Crippen molar-refractivity contribution < 1.29 is 105 Å². The Morgan fingerprint density at radius 3 is 1.19 bits per heavy atom. The molecule has 0 saturated carbocycles. The van der Waals surface area contributed by atoms with Gasteiger partial charge >= 0.3 is 47.8 Å². The quantitative estimate of drug-likeness (QED) is 0.134. The van der Waals surface area contributed by atoms with E-state index in [9.17, 15) is 43.5 Å². The molecule has 2 aliphatic heterocycles. The standard InChI is InChI=1S/C36H46FNO21/c1-14-27(47)23(10-50-35-32(56-21(8)45)30(54-19(6)43)28(52-17(4)41)25(58-35)12-48-15(2)39)24(34(37)38-14)11-51-36-33(57-22(9)46)31(55-20(7)44)29(53-18(5)42)26(59-36)13-49-16(3)40/h25-26,28-33,35-36,47H,10-13H2,1-9H3/t25-,26-,28-,29-,30+,31+,32-,33-,35-,36-/m1/s1. The van der Waals surface area contributed by atoms with Gasteiger partial charge in [0, 0.05) is 66.5 Å². The van der Waals surface area contributed by atoms with Crippen molar-refractivity contribution in [1.82, 2.24) is 4.98 Å². The van der Waals surface area contributed by atoms with E-state index in [-0.39, 0.29) is 11.3 Å². The van der Waals surface area contributed by atoms with Gasteiger partial charge in [0.1, 0.15) is 31.2 Å². The predicted molar refractivity (Wildman–Crippen MR) is 184 cm³/mol. The predicted octanol–water partition coefficient (Wildman–Crippen LogP) is 0.434. The normalized spacial score (nSPS) is 26.3. The summed E-state index contributed by atoms with van der Waals surface area (Å²) in [5, 5.41) is 11.2. The molecule has 0 bridgehead atoms. The minimum atomic E-state index is -1.77. The molecule has 0 amide bonds. The third-order valence-electron chi connectivity index (χ3n) is 8.19. The van der Waals surface area contributed by atoms with Gasteiger partial charge in [-0.3, -0.25) is 38.4 Å². The maximum Gasteiger partial charge on any atom is 0.303 e. The Morgan fingerprint density at radius 1 is 0.525 bits per heavy atom. The number of aryl methyl sites for hydroxylation is 1. The second kappa shape index (κ2) is 21.5. The Balaban J connectivity index is 2.06. The van der Waals surface area contributed by atoms with E-state index >= 15 is 4.39 Å². The number of aromatic nitrogens is 1. The first kappa shape index (κ1) is 47.9. The van der Waals surface area contributed by atoms with Crippen LogP contribution in [0.3, 0.4) is 0 Å². The number of hydrogen-bond donors (Lipinski definition) is 1. The van der Waals surface area contributed by atoms with E-state index in [0.29, 0.717) is 0 Å². The molecule has 0 spiro atoms. The van der Waals surface area contributed by atoms with Crippen molar-refractivity contribution in [3.63, 3.8) is 0 Å². The average molecular weight is 848 g/mol. The van der Waals surface area contributed by atoms with Gasteiger partial charge in [-0.25, -0.2) is 4.98 Å². The summed E-state index contributed by atoms with van der Waals surface area (Å²) in [6.07, 6.45) is -16.0. The average Bonchev–Trinajstić information content (AvgIpc) is 3.10. The number of carbonyl (C=O) groups excluding carboxylic acids is 8. The highest BCUT2D eigenvalue weighted by molar-refractivity contribution is 5.70. The zero-order chi connectivity index (χ0) is 44.3. The van der Waals surface area contributed by atoms with Crippen LogP contribution in [0.4, 0.5) is 4.39 Å². The first-order valence-corrected chi connectivity index (χ1v) is 17.8. The van der Waals surface area contributed by atoms with Gasteiger partial charge in [-0.15, -0.1) is 0 Å². The first-order chi connectivity index (χ1) is 27.6. The number of carbonyl (C=O) groups is 8. The molecule has 59 heavy (non-hydrogen) atoms. The van der Waals surface area contributed by atoms with Crippen LogP contribution in [0.1, 0.15) is 72.2 Å². The fourth-order valence-electron chi connectivity index (χ4n) is 6.03. The van der Waals surface area contributed by atoms with Gasteiger partial charge in [-0.2, -0.15) is 4.39 Å². The summed E-state index contributed by atoms with van der Waals surface area (Å²) in [5.41, 5.74) is -1.07. The Hall–Kier alpha value is -5.52. The second-order valence-electron chi connectivity index (χ2n) is 13.1. The van der Waals surface area contributed by atoms with E-state index in [1.807, 2.05) is 0 Å². The summed E-state index contributed by atoms with van der Waals surface area (Å²) in [5.74, 6) is -8.85. The Morgan fingerprint density at radius 2 is 0.847 bits per heavy atom. The van der Waals surface area contributed by atoms with Crippen molar-refractivity contribution in [2.24, 2.45) is 0 Å². The first-order valence-electron chi connectivity index (χ1n) is 17.8. The van der Waals surface area contributed by atoms with Gasteiger partial charge in [-0.1, -0.05) is 0 Å². The monoisotopic (exact) mass is 847 g/mol. The fourth-order valence-corrected chi connectivity index (χ4v) is 6.03. The molecule has 1 N–H and O–H groups in total. The molecule has 22 nitrogen and oxygen atoms in total. The van der Waals surface area contributed by atoms with Gasteiger partial charge in [0.2, 0.25) is 5.95 Å². The fraction of sp³-hybridized carbons (Fsp3) is 0.639. The molecule has 3 rings (SSSR count). The Labute approximate surface area is 336 Å². The largest absolute Gasteiger partial charge is 0.506 e. The number of pyridine rings is 1. The maximum absolute atomic E-state index is 15.8. The number of rotatable bonds is 16. The summed E-state index contributed by atoms with van der Waals surface area (Å²) in [7, 11) is 0. The Kier molecular flexibility index (Phi) is 17.4. The molecule has 0 unspecified atom stereocenters. The van der Waals surface area contributed by atoms with Crippen molar-refractivity contribution >= 4 is 47.8 Å². The molecule has 0 aliphatic carbocycles. The molecule has 2 aliphatic rings. The summed E-state index contributed by atoms with van der Waals surface area (Å²) in [6, 6.07) is 0. The van der Waals surface area contributed by atoms with E-state index in [4.69, 9.17) is 56.8 Å². The van der Waals surface area contributed by atoms with Crippen LogP contribution in [0, 0.1) is 12.9 Å². The van der Waals surface area contributed by atoms with Gasteiger partial charge < -0.3 is 61.9 Å². The van der Waals surface area contributed by atoms with Crippen LogP contribution >= 0.6 is 0 Å². The molecule has 2 fully saturated rings. The molecule has 3 heterocycles. The minimum Gasteiger partial charge on any atom is -0.506 e. The van der Waals surface area contributed by atoms with E-state index in [0.717, 1.165) is 55.4 Å². The van der Waals surface area contributed by atoms with E-state index in [1.54, 1.807) is 0 Å². The van der Waals surface area contributed by atoms with Crippen molar-refractivity contribution in [3.8, 4) is 5.75 Å². The lowest BCUT2D eigenvalue weighted by molar-refractivity contribution is -0.312. The molecule has 23 heteroatoms. The highest BCUT2D eigenvalue weighted by Crippen LogP contribution is 2.35. The molecule has 1 aromatic rings. The number of hydrogen-bond acceptors (Lipinski definition) is 22. The van der Waals surface area contributed by atoms with Crippen LogP contribution < -0.4 is 0 Å². The van der Waals surface area contributed by atoms with Crippen molar-refractivity contribution in [2.75, 3.05) is 13.2 Å². The second-order valence-corrected chi connectivity index (χ2v) is 13.1. The molecule has 2 saturated heterocycles. The topological polar surface area (TPSA) is 280 Å². The van der Waals surface area contributed by atoms with Crippen LogP contribution in [-0.4, -0.2) is 132 Å². The van der Waals surface area contributed by atoms with Gasteiger partial charge in [0.15, 0.2) is 49.2 Å². The summed E-state index contributed by atoms with van der Waals surface area (Å²) >= 11 is 0. The third kappa shape index (κ3) is 13.8. The van der Waals surface area contributed by atoms with E-state index in [1.165, 1.54) is 6.92 Å². The van der Waals surface area contributed by atoms with Gasteiger partial charge in [0.25, 0.3) is 0 Å². The molecular weight excluding hydrogens is 801 g/mol. The maximum atomic E-state index is 15.8. The lowest BCUT2D eigenvalue weighted by Crippen LogP contribution is -2.63. The van der Waals surface area contributed by atoms with Gasteiger partial charge in [-0.05, 0) is 6.92 Å². The lowest BCUT2D eigenvalue weighted by atomic mass is 9.98. The number of nitrogens with zero attached hydrogens (tertiary/aromatic N) is 1. The van der Waals surface area contributed by atoms with Gasteiger partial charge in [0.05, 0.1) is 18.9 Å². The van der Waals surface area contributed by atoms with Crippen LogP contribution in [0.2, 0.25) is 0 Å². The van der Waals surface area contributed by atoms with Crippen LogP contribution in [0.15, 0.2) is 0 Å². The van der Waals surface area contributed by atoms with Crippen molar-refractivity contribution in [1.29, 1.82) is 0 Å². The van der Waals surface area contributed by atoms with Crippen molar-refractivity contribution in [2.45, 2.75) is 137 Å². The SMILES string of the molecule is CC(=O)OC[C@H]1O[C@@H](OCc2c(F)nc(C)c(O)c2CO[C@@H]2O[C@H](COC(C)=O)[C@@H](OC(C)=O)[C@H](OC(C)=O)[C@H]2OC(C)=O)[C@H](OC(C)=O)[C@@H](OC(C)=O)[C@@H]1OC(C)=O. The van der Waals surface area contributed by atoms with Crippen LogP contribution in [0.5, 0.6) is 5.75 Å². The van der Waals surface area contributed by atoms with Crippen LogP contribution in [-0.2, 0) is 108 Å². The van der Waals surface area contributed by atoms with E-state index in [2.05, 4.69) is 4.98 Å². The number of halogens is 1. The zero-order valence-corrected chi connectivity index (χ0v) is 33.5. The lowest BCUT2D eigenvalue weighted by Gasteiger charge is -2.44. The summed E-state index contributed by atoms with van der Waals surface area (Å²) in [4.78, 5) is 100. The summed E-state index contributed by atoms with van der Waals surface area (Å²) < 4.78 is 81.8. The number of aromatic hydroxyl groups is 1. The molecular formula is C36H46FNO21. The smallest absolute Gasteiger partial charge is 0.303 e. The third-order valence-corrected chi connectivity index (χ3v) is 8.19. The minimum absolute atomic E-state index is 0.237. The molecule has 10 atom stereocenters. The highest BCUT2D eigenvalue weighted by Gasteiger charge is 2.54. The number of ether oxygens (including phenoxy) is 12. The van der Waals surface area contributed by atoms with E-state index < -0.39 is 153 Å². The van der Waals surface area contributed by atoms with Crippen LogP contribution in [0.25, 0.3) is 0 Å². The molecule has 0 aromatic carbocycles. The number of esters is 8. The summed E-state index contributed by atoms with van der Waals surface area (Å²) in [6.45, 7) is 6.67. The molecule has 328 valence electrons. The van der Waals surface area contributed by atoms with Crippen molar-refractivity contribution in [3.05, 3.63) is 22.8 Å².